The smallest absolute Gasteiger partial charge is 0.433 e. The van der Waals surface area contributed by atoms with Crippen LogP contribution < -0.4 is 15.1 Å². The highest BCUT2D eigenvalue weighted by Crippen LogP contribution is 2.43. The number of hydrogen-bond acceptors (Lipinski definition) is 8. The van der Waals surface area contributed by atoms with Gasteiger partial charge in [0, 0.05) is 38.4 Å². The molecule has 0 radical (unpaired) electrons. The van der Waals surface area contributed by atoms with E-state index in [4.69, 9.17) is 9.15 Å². The summed E-state index contributed by atoms with van der Waals surface area (Å²) in [6, 6.07) is 4.02. The molecule has 0 unspecified atom stereocenters. The lowest BCUT2D eigenvalue weighted by atomic mass is 10.1. The maximum Gasteiger partial charge on any atom is 0.433 e. The molecule has 1 aromatic carbocycles. The number of carboxylic acids is 1. The SMILES string of the molecule is COc1c(N2CCN(Cc3ccc([N+](=O)[O-])o3)CC2)c(F)cc2c(=O)c(C(=O)O)cn(C3CC3)c12. The molecule has 0 bridgehead atoms. The molecule has 1 N–H and O–H groups in total. The molecule has 1 aliphatic heterocycles. The van der Waals surface area contributed by atoms with E-state index in [9.17, 15) is 24.8 Å². The highest BCUT2D eigenvalue weighted by molar-refractivity contribution is 5.97. The first kappa shape index (κ1) is 22.8. The van der Waals surface area contributed by atoms with Gasteiger partial charge in [0.2, 0.25) is 5.43 Å². The van der Waals surface area contributed by atoms with Gasteiger partial charge in [-0.25, -0.2) is 9.18 Å². The molecule has 3 heterocycles. The van der Waals surface area contributed by atoms with Gasteiger partial charge in [-0.05, 0) is 25.0 Å². The van der Waals surface area contributed by atoms with Crippen LogP contribution in [0.2, 0.25) is 0 Å². The summed E-state index contributed by atoms with van der Waals surface area (Å²) in [4.78, 5) is 38.6. The number of pyridine rings is 1. The lowest BCUT2D eigenvalue weighted by Gasteiger charge is -2.36. The van der Waals surface area contributed by atoms with Gasteiger partial charge in [-0.3, -0.25) is 19.8 Å². The van der Waals surface area contributed by atoms with Gasteiger partial charge in [-0.15, -0.1) is 0 Å². The van der Waals surface area contributed by atoms with E-state index in [1.165, 1.54) is 19.4 Å². The number of halogens is 1. The van der Waals surface area contributed by atoms with Crippen molar-refractivity contribution in [3.05, 3.63) is 61.9 Å². The summed E-state index contributed by atoms with van der Waals surface area (Å²) in [5, 5.41) is 20.3. The molecule has 12 heteroatoms. The Morgan fingerprint density at radius 1 is 1.29 bits per heavy atom. The summed E-state index contributed by atoms with van der Waals surface area (Å²) in [5.74, 6) is -1.65. The lowest BCUT2D eigenvalue weighted by molar-refractivity contribution is -0.402. The van der Waals surface area contributed by atoms with Crippen LogP contribution in [0.1, 0.15) is 35.0 Å². The fourth-order valence-electron chi connectivity index (χ4n) is 4.62. The summed E-state index contributed by atoms with van der Waals surface area (Å²) >= 11 is 0. The van der Waals surface area contributed by atoms with Crippen molar-refractivity contribution in [1.82, 2.24) is 9.47 Å². The van der Waals surface area contributed by atoms with Crippen molar-refractivity contribution in [2.45, 2.75) is 25.4 Å². The topological polar surface area (TPSA) is 131 Å². The fraction of sp³-hybridized carbons (Fsp3) is 0.391. The third-order valence-electron chi connectivity index (χ3n) is 6.47. The monoisotopic (exact) mass is 486 g/mol. The summed E-state index contributed by atoms with van der Waals surface area (Å²) in [7, 11) is 1.41. The zero-order valence-electron chi connectivity index (χ0n) is 18.9. The van der Waals surface area contributed by atoms with E-state index in [1.54, 1.807) is 10.6 Å². The summed E-state index contributed by atoms with van der Waals surface area (Å²) in [6.07, 6.45) is 2.99. The number of piperazine rings is 1. The molecular weight excluding hydrogens is 463 g/mol. The maximum absolute atomic E-state index is 15.4. The standard InChI is InChI=1S/C23H23FN4O7/c1-34-22-19-15(21(29)16(23(30)31)12-27(19)13-2-3-13)10-17(24)20(22)26-8-6-25(7-9-26)11-14-4-5-18(35-14)28(32)33/h4-5,10,12-13H,2-3,6-9,11H2,1H3,(H,30,31). The van der Waals surface area contributed by atoms with E-state index in [0.29, 0.717) is 44.0 Å². The Kier molecular flexibility index (Phi) is 5.67. The lowest BCUT2D eigenvalue weighted by Crippen LogP contribution is -2.46. The molecule has 11 nitrogen and oxygen atoms in total. The van der Waals surface area contributed by atoms with Crippen LogP contribution in [0.25, 0.3) is 10.9 Å². The number of fused-ring (bicyclic) bond motifs is 1. The van der Waals surface area contributed by atoms with Crippen molar-refractivity contribution in [3.8, 4) is 5.75 Å². The molecule has 5 rings (SSSR count). The number of anilines is 1. The highest BCUT2D eigenvalue weighted by atomic mass is 19.1. The number of aromatic nitrogens is 1. The van der Waals surface area contributed by atoms with Gasteiger partial charge in [0.15, 0.2) is 11.6 Å². The average Bonchev–Trinajstić information content (AvgIpc) is 3.56. The molecular formula is C23H23FN4O7. The van der Waals surface area contributed by atoms with Crippen LogP contribution in [0.3, 0.4) is 0 Å². The van der Waals surface area contributed by atoms with Gasteiger partial charge in [-0.2, -0.15) is 0 Å². The molecule has 184 valence electrons. The van der Waals surface area contributed by atoms with Crippen molar-refractivity contribution in [1.29, 1.82) is 0 Å². The van der Waals surface area contributed by atoms with E-state index < -0.39 is 27.7 Å². The Labute approximate surface area is 198 Å². The number of ether oxygens (including phenoxy) is 1. The second kappa shape index (κ2) is 8.69. The first-order chi connectivity index (χ1) is 16.8. The van der Waals surface area contributed by atoms with Crippen LogP contribution in [0.4, 0.5) is 16.0 Å². The number of furan rings is 1. The third kappa shape index (κ3) is 4.09. The van der Waals surface area contributed by atoms with Crippen LogP contribution in [0.15, 0.2) is 33.6 Å². The van der Waals surface area contributed by atoms with Crippen molar-refractivity contribution >= 4 is 28.4 Å². The van der Waals surface area contributed by atoms with Gasteiger partial charge in [0.05, 0.1) is 30.6 Å². The van der Waals surface area contributed by atoms with E-state index >= 15 is 4.39 Å². The molecule has 35 heavy (non-hydrogen) atoms. The molecule has 1 aliphatic carbocycles. The van der Waals surface area contributed by atoms with Gasteiger partial charge >= 0.3 is 11.9 Å². The third-order valence-corrected chi connectivity index (χ3v) is 6.47. The minimum atomic E-state index is -1.35. The largest absolute Gasteiger partial charge is 0.492 e. The Balaban J connectivity index is 1.47. The zero-order chi connectivity index (χ0) is 24.9. The number of carbonyl (C=O) groups is 1. The number of aromatic carboxylic acids is 1. The Morgan fingerprint density at radius 3 is 2.57 bits per heavy atom. The van der Waals surface area contributed by atoms with E-state index in [0.717, 1.165) is 18.9 Å². The minimum Gasteiger partial charge on any atom is -0.492 e. The molecule has 2 aromatic heterocycles. The van der Waals surface area contributed by atoms with Gasteiger partial charge < -0.3 is 23.7 Å². The normalized spacial score (nSPS) is 16.6. The summed E-state index contributed by atoms with van der Waals surface area (Å²) < 4.78 is 28.0. The molecule has 3 aromatic rings. The summed E-state index contributed by atoms with van der Waals surface area (Å²) in [5.41, 5.74) is -0.521. The Morgan fingerprint density at radius 2 is 2.00 bits per heavy atom. The molecule has 0 atom stereocenters. The van der Waals surface area contributed by atoms with Crippen molar-refractivity contribution in [3.63, 3.8) is 0 Å². The molecule has 1 saturated carbocycles. The molecule has 1 saturated heterocycles. The predicted octanol–water partition coefficient (Wildman–Crippen LogP) is 3.01. The number of rotatable bonds is 7. The Hall–Kier alpha value is -3.93. The first-order valence-electron chi connectivity index (χ1n) is 11.2. The zero-order valence-corrected chi connectivity index (χ0v) is 18.9. The van der Waals surface area contributed by atoms with E-state index in [-0.39, 0.29) is 28.7 Å². The van der Waals surface area contributed by atoms with Crippen molar-refractivity contribution in [2.75, 3.05) is 38.2 Å². The van der Waals surface area contributed by atoms with Gasteiger partial charge in [0.1, 0.15) is 21.9 Å². The van der Waals surface area contributed by atoms with Gasteiger partial charge in [-0.1, -0.05) is 0 Å². The van der Waals surface area contributed by atoms with Crippen LogP contribution in [-0.4, -0.2) is 58.8 Å². The molecule has 2 aliphatic rings. The van der Waals surface area contributed by atoms with Crippen LogP contribution in [-0.2, 0) is 6.54 Å². The number of nitro groups is 1. The second-order valence-electron chi connectivity index (χ2n) is 8.71. The van der Waals surface area contributed by atoms with Gasteiger partial charge in [0.25, 0.3) is 0 Å². The van der Waals surface area contributed by atoms with Crippen LogP contribution in [0.5, 0.6) is 5.75 Å². The van der Waals surface area contributed by atoms with E-state index in [2.05, 4.69) is 0 Å². The maximum atomic E-state index is 15.4. The number of hydrogen-bond donors (Lipinski definition) is 1. The van der Waals surface area contributed by atoms with Crippen molar-refractivity contribution < 1.29 is 28.4 Å². The number of nitrogens with zero attached hydrogens (tertiary/aromatic N) is 4. The van der Waals surface area contributed by atoms with Crippen LogP contribution in [0, 0.1) is 15.9 Å². The fourth-order valence-corrected chi connectivity index (χ4v) is 4.62. The molecule has 2 fully saturated rings. The number of methoxy groups -OCH3 is 1. The van der Waals surface area contributed by atoms with Crippen molar-refractivity contribution in [2.24, 2.45) is 0 Å². The quantitative estimate of drug-likeness (QED) is 0.395. The number of benzene rings is 1. The predicted molar refractivity (Wildman–Crippen MR) is 123 cm³/mol. The Bertz CT molecular complexity index is 1390. The summed E-state index contributed by atoms with van der Waals surface area (Å²) in [6.45, 7) is 2.37. The average molecular weight is 486 g/mol. The number of carboxylic acid groups (broad SMARTS) is 1. The van der Waals surface area contributed by atoms with E-state index in [1.807, 2.05) is 9.80 Å². The van der Waals surface area contributed by atoms with Crippen LogP contribution >= 0.6 is 0 Å². The molecule has 0 amide bonds. The molecule has 0 spiro atoms. The second-order valence-corrected chi connectivity index (χ2v) is 8.71. The first-order valence-corrected chi connectivity index (χ1v) is 11.2. The minimum absolute atomic E-state index is 0.0204. The highest BCUT2D eigenvalue weighted by Gasteiger charge is 2.32.